The van der Waals surface area contributed by atoms with Crippen molar-refractivity contribution in [2.75, 3.05) is 31.1 Å². The number of hydrogen-bond acceptors (Lipinski definition) is 5. The zero-order valence-electron chi connectivity index (χ0n) is 19.3. The first kappa shape index (κ1) is 24.7. The molecule has 7 nitrogen and oxygen atoms in total. The molecular formula is C24H27Cl2N3O4S. The Morgan fingerprint density at radius 1 is 1.00 bits per heavy atom. The largest absolute Gasteiger partial charge is 0.444 e. The maximum absolute atomic E-state index is 13.4. The summed E-state index contributed by atoms with van der Waals surface area (Å²) in [7, 11) is -3.90. The van der Waals surface area contributed by atoms with Crippen molar-refractivity contribution >= 4 is 55.9 Å². The maximum Gasteiger partial charge on any atom is 0.410 e. The number of hydrogen-bond donors (Lipinski definition) is 0. The Hall–Kier alpha value is -2.42. The molecule has 0 aliphatic carbocycles. The van der Waals surface area contributed by atoms with Gasteiger partial charge in [-0.1, -0.05) is 29.3 Å². The lowest BCUT2D eigenvalue weighted by molar-refractivity contribution is 0.0263. The van der Waals surface area contributed by atoms with Crippen LogP contribution >= 0.6 is 23.2 Å². The van der Waals surface area contributed by atoms with Gasteiger partial charge in [0.1, 0.15) is 5.60 Å². The highest BCUT2D eigenvalue weighted by atomic mass is 35.5. The van der Waals surface area contributed by atoms with E-state index in [0.717, 1.165) is 17.5 Å². The highest BCUT2D eigenvalue weighted by Gasteiger charge is 2.27. The number of halogens is 2. The van der Waals surface area contributed by atoms with Crippen LogP contribution in [0.1, 0.15) is 27.2 Å². The van der Waals surface area contributed by atoms with Crippen LogP contribution in [-0.2, 0) is 14.8 Å². The van der Waals surface area contributed by atoms with Gasteiger partial charge < -0.3 is 14.5 Å². The van der Waals surface area contributed by atoms with E-state index in [-0.39, 0.29) is 11.0 Å². The van der Waals surface area contributed by atoms with Crippen LogP contribution in [0.15, 0.2) is 53.6 Å². The van der Waals surface area contributed by atoms with Crippen molar-refractivity contribution in [2.24, 2.45) is 0 Å². The van der Waals surface area contributed by atoms with Crippen LogP contribution in [0.25, 0.3) is 10.9 Å². The minimum absolute atomic E-state index is 0.0849. The lowest BCUT2D eigenvalue weighted by Crippen LogP contribution is -2.39. The van der Waals surface area contributed by atoms with Gasteiger partial charge >= 0.3 is 6.09 Å². The average Bonchev–Trinajstić information content (AvgIpc) is 3.07. The summed E-state index contributed by atoms with van der Waals surface area (Å²) < 4.78 is 33.4. The molecule has 0 spiro atoms. The number of benzene rings is 2. The van der Waals surface area contributed by atoms with E-state index in [0.29, 0.717) is 41.7 Å². The van der Waals surface area contributed by atoms with E-state index in [9.17, 15) is 13.2 Å². The van der Waals surface area contributed by atoms with Gasteiger partial charge in [0.25, 0.3) is 10.0 Å². The summed E-state index contributed by atoms with van der Waals surface area (Å²) in [5, 5.41) is 1.40. The maximum atomic E-state index is 13.4. The Labute approximate surface area is 209 Å². The van der Waals surface area contributed by atoms with Crippen LogP contribution in [0.3, 0.4) is 0 Å². The van der Waals surface area contributed by atoms with E-state index >= 15 is 0 Å². The Balaban J connectivity index is 1.66. The van der Waals surface area contributed by atoms with Crippen LogP contribution in [0.4, 0.5) is 10.5 Å². The molecule has 0 N–H and O–H groups in total. The number of anilines is 1. The smallest absolute Gasteiger partial charge is 0.410 e. The van der Waals surface area contributed by atoms with Crippen molar-refractivity contribution in [1.29, 1.82) is 0 Å². The normalized spacial score (nSPS) is 15.4. The van der Waals surface area contributed by atoms with Crippen LogP contribution in [-0.4, -0.2) is 55.2 Å². The number of carbonyl (C=O) groups is 1. The second kappa shape index (κ2) is 9.32. The second-order valence-corrected chi connectivity index (χ2v) is 11.9. The van der Waals surface area contributed by atoms with Crippen molar-refractivity contribution in [3.05, 3.63) is 58.7 Å². The summed E-state index contributed by atoms with van der Waals surface area (Å²) in [5.74, 6) is 0. The zero-order chi connectivity index (χ0) is 24.7. The molecule has 1 aromatic heterocycles. The number of carbonyl (C=O) groups excluding carboxylic acids is 1. The van der Waals surface area contributed by atoms with Crippen molar-refractivity contribution in [2.45, 2.75) is 37.7 Å². The summed E-state index contributed by atoms with van der Waals surface area (Å²) in [6.45, 7) is 7.93. The number of rotatable bonds is 3. The lowest BCUT2D eigenvalue weighted by Gasteiger charge is -2.27. The molecule has 0 bridgehead atoms. The number of aromatic nitrogens is 1. The van der Waals surface area contributed by atoms with Gasteiger partial charge in [0.05, 0.1) is 15.4 Å². The fraction of sp³-hybridized carbons (Fsp3) is 0.375. The summed E-state index contributed by atoms with van der Waals surface area (Å²) in [6, 6.07) is 11.5. The first-order valence-corrected chi connectivity index (χ1v) is 13.2. The molecule has 1 saturated heterocycles. The number of fused-ring (bicyclic) bond motifs is 1. The first-order valence-electron chi connectivity index (χ1n) is 11.0. The molecule has 1 aliphatic rings. The Morgan fingerprint density at radius 3 is 2.47 bits per heavy atom. The number of amides is 1. The monoisotopic (exact) mass is 523 g/mol. The quantitative estimate of drug-likeness (QED) is 0.444. The van der Waals surface area contributed by atoms with Crippen LogP contribution < -0.4 is 4.90 Å². The molecule has 0 unspecified atom stereocenters. The van der Waals surface area contributed by atoms with E-state index in [2.05, 4.69) is 4.90 Å². The fourth-order valence-corrected chi connectivity index (χ4v) is 6.03. The minimum Gasteiger partial charge on any atom is -0.444 e. The third-order valence-electron chi connectivity index (χ3n) is 5.58. The summed E-state index contributed by atoms with van der Waals surface area (Å²) in [5.41, 5.74) is 0.723. The van der Waals surface area contributed by atoms with Gasteiger partial charge in [-0.05, 0) is 63.6 Å². The van der Waals surface area contributed by atoms with Gasteiger partial charge in [-0.15, -0.1) is 0 Å². The number of nitrogens with zero attached hydrogens (tertiary/aromatic N) is 3. The summed E-state index contributed by atoms with van der Waals surface area (Å²) in [6.07, 6.45) is 1.95. The van der Waals surface area contributed by atoms with Gasteiger partial charge in [-0.3, -0.25) is 0 Å². The van der Waals surface area contributed by atoms with E-state index in [1.54, 1.807) is 29.2 Å². The van der Waals surface area contributed by atoms with Crippen molar-refractivity contribution in [3.63, 3.8) is 0 Å². The van der Waals surface area contributed by atoms with Crippen LogP contribution in [0.2, 0.25) is 10.0 Å². The third-order valence-corrected chi connectivity index (χ3v) is 7.79. The van der Waals surface area contributed by atoms with Crippen molar-refractivity contribution in [1.82, 2.24) is 8.87 Å². The van der Waals surface area contributed by atoms with Gasteiger partial charge in [-0.25, -0.2) is 17.2 Å². The van der Waals surface area contributed by atoms with E-state index in [1.165, 1.54) is 22.3 Å². The van der Waals surface area contributed by atoms with Crippen LogP contribution in [0.5, 0.6) is 0 Å². The van der Waals surface area contributed by atoms with E-state index in [1.807, 2.05) is 26.8 Å². The fourth-order valence-electron chi connectivity index (χ4n) is 4.06. The topological polar surface area (TPSA) is 71.8 Å². The number of ether oxygens (including phenoxy) is 1. The van der Waals surface area contributed by atoms with Gasteiger partial charge in [0, 0.05) is 48.5 Å². The molecule has 34 heavy (non-hydrogen) atoms. The molecule has 0 saturated carbocycles. The summed E-state index contributed by atoms with van der Waals surface area (Å²) in [4.78, 5) is 16.5. The molecule has 0 radical (unpaired) electrons. The standard InChI is InChI=1S/C24H27Cl2N3O4S/c1-24(2,3)33-23(30)28-12-5-11-27(14-15-28)21-9-8-20(26)22-19(21)10-13-29(22)34(31,32)18-7-4-6-17(25)16-18/h4,6-10,13,16H,5,11-12,14-15H2,1-3H3. The Morgan fingerprint density at radius 2 is 1.76 bits per heavy atom. The Kier molecular flexibility index (Phi) is 6.77. The highest BCUT2D eigenvalue weighted by molar-refractivity contribution is 7.90. The lowest BCUT2D eigenvalue weighted by atomic mass is 10.2. The Bertz CT molecular complexity index is 1330. The van der Waals surface area contributed by atoms with Crippen molar-refractivity contribution < 1.29 is 17.9 Å². The molecule has 4 rings (SSSR count). The molecule has 1 fully saturated rings. The first-order chi connectivity index (χ1) is 16.0. The third kappa shape index (κ3) is 4.99. The van der Waals surface area contributed by atoms with Gasteiger partial charge in [-0.2, -0.15) is 0 Å². The minimum atomic E-state index is -3.90. The van der Waals surface area contributed by atoms with Gasteiger partial charge in [0.15, 0.2) is 0 Å². The molecule has 2 aromatic carbocycles. The van der Waals surface area contributed by atoms with Crippen molar-refractivity contribution in [3.8, 4) is 0 Å². The molecule has 0 atom stereocenters. The van der Waals surface area contributed by atoms with Crippen LogP contribution in [0, 0.1) is 0 Å². The molecule has 3 aromatic rings. The predicted octanol–water partition coefficient (Wildman–Crippen LogP) is 5.63. The molecule has 10 heteroatoms. The summed E-state index contributed by atoms with van der Waals surface area (Å²) >= 11 is 12.5. The molecule has 2 heterocycles. The average molecular weight is 524 g/mol. The zero-order valence-corrected chi connectivity index (χ0v) is 21.6. The predicted molar refractivity (Wildman–Crippen MR) is 136 cm³/mol. The van der Waals surface area contributed by atoms with Gasteiger partial charge in [0.2, 0.25) is 0 Å². The molecule has 1 aliphatic heterocycles. The van der Waals surface area contributed by atoms with E-state index in [4.69, 9.17) is 27.9 Å². The molecule has 1 amide bonds. The molecular weight excluding hydrogens is 497 g/mol. The molecule has 182 valence electrons. The highest BCUT2D eigenvalue weighted by Crippen LogP contribution is 2.35. The second-order valence-electron chi connectivity index (χ2n) is 9.21. The SMILES string of the molecule is CC(C)(C)OC(=O)N1CCCN(c2ccc(Cl)c3c2ccn3S(=O)(=O)c2cccc(Cl)c2)CC1. The van der Waals surface area contributed by atoms with E-state index < -0.39 is 15.6 Å².